The molecule has 0 atom stereocenters. The molecular formula is C11H8N2O2. The van der Waals surface area contributed by atoms with E-state index in [1.165, 1.54) is 17.9 Å². The van der Waals surface area contributed by atoms with Crippen molar-refractivity contribution in [2.75, 3.05) is 7.11 Å². The van der Waals surface area contributed by atoms with Crippen LogP contribution < -0.4 is 0 Å². The zero-order valence-electron chi connectivity index (χ0n) is 8.10. The van der Waals surface area contributed by atoms with E-state index in [1.54, 1.807) is 12.1 Å². The van der Waals surface area contributed by atoms with Gasteiger partial charge in [0.2, 0.25) is 0 Å². The van der Waals surface area contributed by atoms with Gasteiger partial charge in [0.05, 0.1) is 18.2 Å². The molecule has 0 N–H and O–H groups in total. The maximum absolute atomic E-state index is 11.4. The van der Waals surface area contributed by atoms with E-state index >= 15 is 0 Å². The summed E-state index contributed by atoms with van der Waals surface area (Å²) in [5.74, 6) is -0.430. The Morgan fingerprint density at radius 2 is 2.20 bits per heavy atom. The molecule has 0 fully saturated rings. The van der Waals surface area contributed by atoms with Crippen LogP contribution in [0.3, 0.4) is 0 Å². The summed E-state index contributed by atoms with van der Waals surface area (Å²) < 4.78 is 5.99. The molecule has 0 aliphatic rings. The number of carbonyl (C=O) groups is 1. The Balaban J connectivity index is 2.77. The molecule has 1 aromatic carbocycles. The SMILES string of the molecule is COC(=O)c1cn(C#N)c2ccccc12. The molecule has 0 bridgehead atoms. The summed E-state index contributed by atoms with van der Waals surface area (Å²) in [6.07, 6.45) is 3.46. The first-order chi connectivity index (χ1) is 7.27. The third-order valence-electron chi connectivity index (χ3n) is 2.23. The molecule has 2 aromatic rings. The van der Waals surface area contributed by atoms with E-state index in [0.717, 1.165) is 5.39 Å². The summed E-state index contributed by atoms with van der Waals surface area (Å²) in [5, 5.41) is 9.59. The molecule has 4 nitrogen and oxygen atoms in total. The van der Waals surface area contributed by atoms with Gasteiger partial charge in [-0.3, -0.25) is 4.57 Å². The molecule has 0 saturated carbocycles. The van der Waals surface area contributed by atoms with E-state index in [9.17, 15) is 4.79 Å². The molecule has 1 aromatic heterocycles. The zero-order chi connectivity index (χ0) is 10.8. The number of para-hydroxylation sites is 1. The third-order valence-corrected chi connectivity index (χ3v) is 2.23. The predicted molar refractivity (Wildman–Crippen MR) is 54.3 cm³/mol. The molecule has 0 spiro atoms. The predicted octanol–water partition coefficient (Wildman–Crippen LogP) is 1.76. The van der Waals surface area contributed by atoms with Crippen LogP contribution in [-0.2, 0) is 4.74 Å². The lowest BCUT2D eigenvalue weighted by Gasteiger charge is -1.94. The van der Waals surface area contributed by atoms with Gasteiger partial charge in [0.25, 0.3) is 0 Å². The molecule has 2 rings (SSSR count). The van der Waals surface area contributed by atoms with Crippen molar-refractivity contribution in [3.63, 3.8) is 0 Å². The monoisotopic (exact) mass is 200 g/mol. The minimum atomic E-state index is -0.430. The summed E-state index contributed by atoms with van der Waals surface area (Å²) >= 11 is 0. The van der Waals surface area contributed by atoms with Crippen LogP contribution in [0.2, 0.25) is 0 Å². The van der Waals surface area contributed by atoms with E-state index in [2.05, 4.69) is 4.74 Å². The number of ether oxygens (including phenoxy) is 1. The van der Waals surface area contributed by atoms with Crippen LogP contribution in [0.4, 0.5) is 0 Å². The van der Waals surface area contributed by atoms with Gasteiger partial charge < -0.3 is 4.74 Å². The summed E-state index contributed by atoms with van der Waals surface area (Å²) in [6.45, 7) is 0. The smallest absolute Gasteiger partial charge is 0.340 e. The van der Waals surface area contributed by atoms with Crippen molar-refractivity contribution in [1.29, 1.82) is 5.26 Å². The highest BCUT2D eigenvalue weighted by Crippen LogP contribution is 2.20. The highest BCUT2D eigenvalue weighted by atomic mass is 16.5. The number of fused-ring (bicyclic) bond motifs is 1. The molecule has 4 heteroatoms. The van der Waals surface area contributed by atoms with E-state index < -0.39 is 5.97 Å². The number of hydrogen-bond acceptors (Lipinski definition) is 3. The molecule has 0 amide bonds. The average Bonchev–Trinajstić information content (AvgIpc) is 2.67. The third kappa shape index (κ3) is 1.34. The molecule has 15 heavy (non-hydrogen) atoms. The Hall–Kier alpha value is -2.28. The van der Waals surface area contributed by atoms with Crippen LogP contribution in [0, 0.1) is 11.5 Å². The Labute approximate surface area is 86.3 Å². The van der Waals surface area contributed by atoms with Gasteiger partial charge in [-0.25, -0.2) is 4.79 Å². The maximum atomic E-state index is 11.4. The molecule has 0 radical (unpaired) electrons. The van der Waals surface area contributed by atoms with Crippen LogP contribution in [0.1, 0.15) is 10.4 Å². The van der Waals surface area contributed by atoms with Crippen molar-refractivity contribution in [2.45, 2.75) is 0 Å². The standard InChI is InChI=1S/C11H8N2O2/c1-15-11(14)9-6-13(7-12)10-5-3-2-4-8(9)10/h2-6H,1H3. The van der Waals surface area contributed by atoms with Crippen LogP contribution in [0.15, 0.2) is 30.5 Å². The molecule has 0 saturated heterocycles. The van der Waals surface area contributed by atoms with Crippen molar-refractivity contribution in [2.24, 2.45) is 0 Å². The van der Waals surface area contributed by atoms with E-state index in [-0.39, 0.29) is 0 Å². The van der Waals surface area contributed by atoms with Gasteiger partial charge in [0.1, 0.15) is 0 Å². The summed E-state index contributed by atoms with van der Waals surface area (Å²) in [6, 6.07) is 7.20. The Bertz CT molecular complexity index is 563. The van der Waals surface area contributed by atoms with Gasteiger partial charge in [0, 0.05) is 11.6 Å². The largest absolute Gasteiger partial charge is 0.465 e. The number of nitrogens with zero attached hydrogens (tertiary/aromatic N) is 2. The van der Waals surface area contributed by atoms with Crippen molar-refractivity contribution in [1.82, 2.24) is 4.57 Å². The highest BCUT2D eigenvalue weighted by Gasteiger charge is 2.14. The van der Waals surface area contributed by atoms with Crippen molar-refractivity contribution >= 4 is 16.9 Å². The molecule has 1 heterocycles. The number of methoxy groups -OCH3 is 1. The molecule has 74 valence electrons. The zero-order valence-corrected chi connectivity index (χ0v) is 8.10. The fourth-order valence-corrected chi connectivity index (χ4v) is 1.54. The van der Waals surface area contributed by atoms with Gasteiger partial charge >= 0.3 is 5.97 Å². The minimum Gasteiger partial charge on any atom is -0.465 e. The molecule has 0 aliphatic carbocycles. The second kappa shape index (κ2) is 3.46. The Morgan fingerprint density at radius 1 is 1.47 bits per heavy atom. The number of benzene rings is 1. The number of carbonyl (C=O) groups excluding carboxylic acids is 1. The number of nitriles is 1. The fraction of sp³-hybridized carbons (Fsp3) is 0.0909. The highest BCUT2D eigenvalue weighted by molar-refractivity contribution is 6.04. The van der Waals surface area contributed by atoms with E-state index in [1.807, 2.05) is 18.3 Å². The number of aromatic nitrogens is 1. The van der Waals surface area contributed by atoms with E-state index in [4.69, 9.17) is 5.26 Å². The fourth-order valence-electron chi connectivity index (χ4n) is 1.54. The Kier molecular flexibility index (Phi) is 2.14. The van der Waals surface area contributed by atoms with Gasteiger partial charge in [0.15, 0.2) is 6.19 Å². The first kappa shape index (κ1) is 9.28. The lowest BCUT2D eigenvalue weighted by molar-refractivity contribution is 0.0603. The maximum Gasteiger partial charge on any atom is 0.340 e. The van der Waals surface area contributed by atoms with Gasteiger partial charge in [-0.2, -0.15) is 5.26 Å². The van der Waals surface area contributed by atoms with Crippen LogP contribution >= 0.6 is 0 Å². The molecule has 0 unspecified atom stereocenters. The first-order valence-electron chi connectivity index (χ1n) is 4.36. The number of rotatable bonds is 1. The average molecular weight is 200 g/mol. The molecule has 0 aliphatic heterocycles. The molecular weight excluding hydrogens is 192 g/mol. The first-order valence-corrected chi connectivity index (χ1v) is 4.36. The summed E-state index contributed by atoms with van der Waals surface area (Å²) in [5.41, 5.74) is 1.12. The van der Waals surface area contributed by atoms with Gasteiger partial charge in [-0.1, -0.05) is 18.2 Å². The van der Waals surface area contributed by atoms with Gasteiger partial charge in [-0.05, 0) is 6.07 Å². The second-order valence-electron chi connectivity index (χ2n) is 3.02. The minimum absolute atomic E-state index is 0.412. The quantitative estimate of drug-likeness (QED) is 0.659. The topological polar surface area (TPSA) is 55.0 Å². The number of hydrogen-bond donors (Lipinski definition) is 0. The van der Waals surface area contributed by atoms with Crippen LogP contribution in [-0.4, -0.2) is 17.6 Å². The lowest BCUT2D eigenvalue weighted by atomic mass is 10.2. The van der Waals surface area contributed by atoms with Gasteiger partial charge in [-0.15, -0.1) is 0 Å². The second-order valence-corrected chi connectivity index (χ2v) is 3.02. The normalized spacial score (nSPS) is 9.87. The van der Waals surface area contributed by atoms with Crippen LogP contribution in [0.5, 0.6) is 0 Å². The van der Waals surface area contributed by atoms with Crippen molar-refractivity contribution in [3.05, 3.63) is 36.0 Å². The summed E-state index contributed by atoms with van der Waals surface area (Å²) in [4.78, 5) is 11.4. The van der Waals surface area contributed by atoms with Crippen molar-refractivity contribution in [3.8, 4) is 6.19 Å². The summed E-state index contributed by atoms with van der Waals surface area (Å²) in [7, 11) is 1.32. The number of esters is 1. The van der Waals surface area contributed by atoms with Crippen molar-refractivity contribution < 1.29 is 9.53 Å². The van der Waals surface area contributed by atoms with E-state index in [0.29, 0.717) is 11.1 Å². The van der Waals surface area contributed by atoms with Crippen LogP contribution in [0.25, 0.3) is 10.9 Å². The Morgan fingerprint density at radius 3 is 2.87 bits per heavy atom. The lowest BCUT2D eigenvalue weighted by Crippen LogP contribution is -1.99.